The summed E-state index contributed by atoms with van der Waals surface area (Å²) in [5.41, 5.74) is -0.123. The van der Waals surface area contributed by atoms with Gasteiger partial charge in [-0.05, 0) is 35.9 Å². The second kappa shape index (κ2) is 6.95. The lowest BCUT2D eigenvalue weighted by molar-refractivity contribution is -0.137. The molecular formula is C16H13F3N2O2. The molecule has 1 N–H and O–H groups in total. The number of nitrogens with zero attached hydrogens (tertiary/aromatic N) is 1. The van der Waals surface area contributed by atoms with Crippen molar-refractivity contribution in [3.8, 4) is 5.75 Å². The molecule has 0 spiro atoms. The minimum Gasteiger partial charge on any atom is -0.497 e. The number of hydrogen-bond acceptors (Lipinski definition) is 3. The van der Waals surface area contributed by atoms with E-state index in [2.05, 4.69) is 10.3 Å². The molecule has 7 heteroatoms. The summed E-state index contributed by atoms with van der Waals surface area (Å²) in [7, 11) is 1.53. The molecule has 0 aliphatic heterocycles. The van der Waals surface area contributed by atoms with Gasteiger partial charge >= 0.3 is 6.18 Å². The molecule has 0 unspecified atom stereocenters. The van der Waals surface area contributed by atoms with E-state index in [0.29, 0.717) is 11.9 Å². The number of methoxy groups -OCH3 is 1. The lowest BCUT2D eigenvalue weighted by Gasteiger charge is -2.06. The first-order valence-electron chi connectivity index (χ1n) is 6.55. The molecule has 0 aliphatic carbocycles. The van der Waals surface area contributed by atoms with Gasteiger partial charge in [-0.1, -0.05) is 12.1 Å². The Kier molecular flexibility index (Phi) is 5.00. The number of carbonyl (C=O) groups excluding carboxylic acids is 1. The van der Waals surface area contributed by atoms with Crippen LogP contribution in [0.1, 0.15) is 11.1 Å². The van der Waals surface area contributed by atoms with Crippen LogP contribution in [0.2, 0.25) is 0 Å². The summed E-state index contributed by atoms with van der Waals surface area (Å²) in [6.07, 6.45) is -0.973. The van der Waals surface area contributed by atoms with Crippen LogP contribution in [0, 0.1) is 0 Å². The highest BCUT2D eigenvalue weighted by atomic mass is 19.4. The third-order valence-electron chi connectivity index (χ3n) is 2.86. The summed E-state index contributed by atoms with van der Waals surface area (Å²) in [5, 5.41) is 2.38. The normalized spacial score (nSPS) is 11.5. The monoisotopic (exact) mass is 322 g/mol. The molecular weight excluding hydrogens is 309 g/mol. The third-order valence-corrected chi connectivity index (χ3v) is 2.86. The fourth-order valence-corrected chi connectivity index (χ4v) is 1.72. The van der Waals surface area contributed by atoms with Gasteiger partial charge in [-0.15, -0.1) is 0 Å². The van der Waals surface area contributed by atoms with Crippen LogP contribution in [-0.4, -0.2) is 18.0 Å². The Morgan fingerprint density at radius 2 is 2.04 bits per heavy atom. The Morgan fingerprint density at radius 3 is 2.65 bits per heavy atom. The van der Waals surface area contributed by atoms with Crippen LogP contribution < -0.4 is 10.1 Å². The largest absolute Gasteiger partial charge is 0.497 e. The molecule has 1 heterocycles. The number of anilines is 1. The van der Waals surface area contributed by atoms with Crippen LogP contribution in [-0.2, 0) is 11.0 Å². The van der Waals surface area contributed by atoms with Crippen molar-refractivity contribution < 1.29 is 22.7 Å². The van der Waals surface area contributed by atoms with Crippen molar-refractivity contribution in [3.63, 3.8) is 0 Å². The molecule has 2 rings (SSSR count). The Bertz CT molecular complexity index is 710. The van der Waals surface area contributed by atoms with E-state index in [1.807, 2.05) is 0 Å². The van der Waals surface area contributed by atoms with Crippen LogP contribution in [0.15, 0.2) is 48.7 Å². The van der Waals surface area contributed by atoms with E-state index in [0.717, 1.165) is 17.7 Å². The summed E-state index contributed by atoms with van der Waals surface area (Å²) >= 11 is 0. The first kappa shape index (κ1) is 16.5. The van der Waals surface area contributed by atoms with Crippen molar-refractivity contribution >= 4 is 17.8 Å². The van der Waals surface area contributed by atoms with E-state index in [1.54, 1.807) is 30.3 Å². The van der Waals surface area contributed by atoms with Gasteiger partial charge in [-0.25, -0.2) is 4.98 Å². The highest BCUT2D eigenvalue weighted by Gasteiger charge is 2.30. The molecule has 120 valence electrons. The summed E-state index contributed by atoms with van der Waals surface area (Å²) in [6, 6.07) is 9.01. The predicted molar refractivity (Wildman–Crippen MR) is 79.9 cm³/mol. The van der Waals surface area contributed by atoms with Crippen LogP contribution in [0.5, 0.6) is 5.75 Å². The number of hydrogen-bond donors (Lipinski definition) is 1. The van der Waals surface area contributed by atoms with Crippen molar-refractivity contribution in [2.75, 3.05) is 12.4 Å². The first-order chi connectivity index (χ1) is 10.9. The summed E-state index contributed by atoms with van der Waals surface area (Å²) in [5.74, 6) is 0.190. The quantitative estimate of drug-likeness (QED) is 0.872. The molecule has 2 aromatic rings. The minimum absolute atomic E-state index is 0.0401. The summed E-state index contributed by atoms with van der Waals surface area (Å²) in [6.45, 7) is 0. The van der Waals surface area contributed by atoms with E-state index in [-0.39, 0.29) is 5.82 Å². The summed E-state index contributed by atoms with van der Waals surface area (Å²) in [4.78, 5) is 15.3. The highest BCUT2D eigenvalue weighted by molar-refractivity contribution is 6.01. The maximum atomic E-state index is 12.4. The number of alkyl halides is 3. The molecule has 1 aromatic heterocycles. The topological polar surface area (TPSA) is 51.2 Å². The standard InChI is InChI=1S/C16H13F3N2O2/c1-23-13-4-2-3-11(9-13)5-8-15(22)21-14-7-6-12(10-20-14)16(17,18)19/h2-10H,1H3,(H,20,21,22)/b8-5+. The zero-order valence-electron chi connectivity index (χ0n) is 12.1. The van der Waals surface area contributed by atoms with E-state index in [1.165, 1.54) is 13.2 Å². The number of halogens is 3. The summed E-state index contributed by atoms with van der Waals surface area (Å²) < 4.78 is 42.3. The van der Waals surface area contributed by atoms with E-state index in [9.17, 15) is 18.0 Å². The van der Waals surface area contributed by atoms with E-state index < -0.39 is 17.6 Å². The fraction of sp³-hybridized carbons (Fsp3) is 0.125. The van der Waals surface area contributed by atoms with E-state index in [4.69, 9.17) is 4.74 Å². The van der Waals surface area contributed by atoms with Crippen LogP contribution in [0.25, 0.3) is 6.08 Å². The predicted octanol–water partition coefficient (Wildman–Crippen LogP) is 3.76. The molecule has 23 heavy (non-hydrogen) atoms. The zero-order chi connectivity index (χ0) is 16.9. The maximum absolute atomic E-state index is 12.4. The van der Waals surface area contributed by atoms with Crippen molar-refractivity contribution in [1.82, 2.24) is 4.98 Å². The number of aromatic nitrogens is 1. The second-order valence-electron chi connectivity index (χ2n) is 4.53. The van der Waals surface area contributed by atoms with Crippen LogP contribution in [0.3, 0.4) is 0 Å². The van der Waals surface area contributed by atoms with Crippen molar-refractivity contribution in [1.29, 1.82) is 0 Å². The SMILES string of the molecule is COc1cccc(/C=C/C(=O)Nc2ccc(C(F)(F)F)cn2)c1. The van der Waals surface area contributed by atoms with Gasteiger partial charge in [0.15, 0.2) is 0 Å². The number of amides is 1. The average Bonchev–Trinajstić information content (AvgIpc) is 2.53. The van der Waals surface area contributed by atoms with Crippen LogP contribution in [0.4, 0.5) is 19.0 Å². The Hall–Kier alpha value is -2.83. The van der Waals surface area contributed by atoms with Crippen molar-refractivity contribution in [2.45, 2.75) is 6.18 Å². The van der Waals surface area contributed by atoms with Gasteiger partial charge in [0, 0.05) is 12.3 Å². The number of benzene rings is 1. The first-order valence-corrected chi connectivity index (χ1v) is 6.55. The number of nitrogens with one attached hydrogen (secondary N) is 1. The van der Waals surface area contributed by atoms with Crippen molar-refractivity contribution in [3.05, 3.63) is 59.8 Å². The molecule has 0 bridgehead atoms. The zero-order valence-corrected chi connectivity index (χ0v) is 12.1. The number of rotatable bonds is 4. The lowest BCUT2D eigenvalue weighted by Crippen LogP contribution is -2.11. The van der Waals surface area contributed by atoms with Gasteiger partial charge in [-0.2, -0.15) is 13.2 Å². The number of carbonyl (C=O) groups is 1. The Balaban J connectivity index is 2.00. The molecule has 0 saturated heterocycles. The Labute approximate surface area is 130 Å². The van der Waals surface area contributed by atoms with Crippen LogP contribution >= 0.6 is 0 Å². The lowest BCUT2D eigenvalue weighted by atomic mass is 10.2. The molecule has 0 atom stereocenters. The Morgan fingerprint density at radius 1 is 1.26 bits per heavy atom. The van der Waals surface area contributed by atoms with Crippen molar-refractivity contribution in [2.24, 2.45) is 0 Å². The smallest absolute Gasteiger partial charge is 0.417 e. The molecule has 0 saturated carbocycles. The average molecular weight is 322 g/mol. The highest BCUT2D eigenvalue weighted by Crippen LogP contribution is 2.28. The van der Waals surface area contributed by atoms with E-state index >= 15 is 0 Å². The molecule has 1 amide bonds. The fourth-order valence-electron chi connectivity index (χ4n) is 1.72. The molecule has 1 aromatic carbocycles. The number of ether oxygens (including phenoxy) is 1. The van der Waals surface area contributed by atoms with Gasteiger partial charge in [0.1, 0.15) is 11.6 Å². The molecule has 0 fully saturated rings. The van der Waals surface area contributed by atoms with Gasteiger partial charge in [0.2, 0.25) is 5.91 Å². The van der Waals surface area contributed by atoms with Gasteiger partial charge in [0.25, 0.3) is 0 Å². The molecule has 4 nitrogen and oxygen atoms in total. The number of pyridine rings is 1. The molecule has 0 radical (unpaired) electrons. The third kappa shape index (κ3) is 4.84. The maximum Gasteiger partial charge on any atom is 0.417 e. The second-order valence-corrected chi connectivity index (χ2v) is 4.53. The van der Waals surface area contributed by atoms with Gasteiger partial charge in [0.05, 0.1) is 12.7 Å². The minimum atomic E-state index is -4.46. The van der Waals surface area contributed by atoms with Gasteiger partial charge < -0.3 is 10.1 Å². The molecule has 0 aliphatic rings. The van der Waals surface area contributed by atoms with Gasteiger partial charge in [-0.3, -0.25) is 4.79 Å².